The largest absolute Gasteiger partial charge is 0.497 e. The molecular weight excluding hydrogens is 418 g/mol. The van der Waals surface area contributed by atoms with E-state index in [2.05, 4.69) is 42.8 Å². The lowest BCUT2D eigenvalue weighted by atomic mass is 9.68. The number of fused-ring (bicyclic) bond motifs is 1. The smallest absolute Gasteiger partial charge is 0.256 e. The van der Waals surface area contributed by atoms with Crippen molar-refractivity contribution in [3.8, 4) is 11.4 Å². The Balaban J connectivity index is 1.42. The van der Waals surface area contributed by atoms with Crippen LogP contribution in [0.25, 0.3) is 5.69 Å². The predicted molar refractivity (Wildman–Crippen MR) is 126 cm³/mol. The number of nitrogens with zero attached hydrogens (tertiary/aromatic N) is 7. The second kappa shape index (κ2) is 7.67. The summed E-state index contributed by atoms with van der Waals surface area (Å²) >= 11 is 0. The highest BCUT2D eigenvalue weighted by molar-refractivity contribution is 6.00. The lowest BCUT2D eigenvalue weighted by Crippen LogP contribution is -2.71. The maximum absolute atomic E-state index is 13.7. The van der Waals surface area contributed by atoms with Crippen LogP contribution in [0.15, 0.2) is 40.6 Å². The van der Waals surface area contributed by atoms with Gasteiger partial charge >= 0.3 is 0 Å². The Labute approximate surface area is 194 Å². The summed E-state index contributed by atoms with van der Waals surface area (Å²) in [5.74, 6) is 1.40. The number of methoxy groups -OCH3 is 1. The van der Waals surface area contributed by atoms with Gasteiger partial charge in [0, 0.05) is 37.2 Å². The molecule has 33 heavy (non-hydrogen) atoms. The van der Waals surface area contributed by atoms with E-state index in [0.717, 1.165) is 31.1 Å². The molecular formula is C24H31N7O2. The van der Waals surface area contributed by atoms with E-state index in [0.29, 0.717) is 30.1 Å². The molecule has 2 aromatic rings. The van der Waals surface area contributed by atoms with Crippen LogP contribution in [0.1, 0.15) is 50.9 Å². The fourth-order valence-electron chi connectivity index (χ4n) is 5.32. The van der Waals surface area contributed by atoms with Crippen LogP contribution in [0.3, 0.4) is 0 Å². The fourth-order valence-corrected chi connectivity index (χ4v) is 5.32. The highest BCUT2D eigenvalue weighted by atomic mass is 16.5. The number of guanidine groups is 1. The number of aliphatic imine (C=N–C) groups is 2. The minimum atomic E-state index is -0.149. The van der Waals surface area contributed by atoms with Crippen molar-refractivity contribution in [2.75, 3.05) is 26.7 Å². The molecule has 0 spiro atoms. The van der Waals surface area contributed by atoms with Crippen LogP contribution in [0.4, 0.5) is 0 Å². The lowest BCUT2D eigenvalue weighted by molar-refractivity contribution is -0.0635. The normalized spacial score (nSPS) is 26.2. The molecule has 2 saturated heterocycles. The third-order valence-corrected chi connectivity index (χ3v) is 7.05. The molecule has 0 saturated carbocycles. The Morgan fingerprint density at radius 2 is 1.94 bits per heavy atom. The van der Waals surface area contributed by atoms with Crippen LogP contribution >= 0.6 is 0 Å². The molecule has 0 aliphatic carbocycles. The van der Waals surface area contributed by atoms with Crippen LogP contribution in [0, 0.1) is 5.41 Å². The molecule has 0 N–H and O–H groups in total. The number of carbonyl (C=O) groups excluding carboxylic acids is 1. The third kappa shape index (κ3) is 3.79. The van der Waals surface area contributed by atoms with Crippen molar-refractivity contribution < 1.29 is 9.53 Å². The molecule has 2 unspecified atom stereocenters. The first-order valence-corrected chi connectivity index (χ1v) is 11.4. The van der Waals surface area contributed by atoms with Gasteiger partial charge in [0.2, 0.25) is 5.96 Å². The number of aromatic nitrogens is 3. The second-order valence-electron chi connectivity index (χ2n) is 10.2. The van der Waals surface area contributed by atoms with Crippen LogP contribution < -0.4 is 4.74 Å². The molecule has 2 atom stereocenters. The van der Waals surface area contributed by atoms with E-state index in [9.17, 15) is 4.79 Å². The van der Waals surface area contributed by atoms with Gasteiger partial charge in [-0.1, -0.05) is 6.92 Å². The van der Waals surface area contributed by atoms with E-state index in [1.807, 2.05) is 17.0 Å². The minimum Gasteiger partial charge on any atom is -0.497 e. The van der Waals surface area contributed by atoms with E-state index < -0.39 is 0 Å². The van der Waals surface area contributed by atoms with Gasteiger partial charge in [0.25, 0.3) is 5.91 Å². The summed E-state index contributed by atoms with van der Waals surface area (Å²) < 4.78 is 5.40. The van der Waals surface area contributed by atoms with Crippen LogP contribution in [0.5, 0.6) is 5.75 Å². The average Bonchev–Trinajstić information content (AvgIpc) is 3.29. The second-order valence-corrected chi connectivity index (χ2v) is 10.2. The first kappa shape index (κ1) is 21.6. The maximum Gasteiger partial charge on any atom is 0.256 e. The summed E-state index contributed by atoms with van der Waals surface area (Å²) in [6, 6.07) is 5.61. The highest BCUT2D eigenvalue weighted by Crippen LogP contribution is 2.45. The van der Waals surface area contributed by atoms with Gasteiger partial charge in [0.15, 0.2) is 0 Å². The van der Waals surface area contributed by atoms with Gasteiger partial charge in [-0.2, -0.15) is 15.0 Å². The van der Waals surface area contributed by atoms with Crippen LogP contribution in [-0.2, 0) is 0 Å². The molecule has 1 amide bonds. The maximum atomic E-state index is 13.7. The topological polar surface area (TPSA) is 88.2 Å². The number of benzene rings is 1. The van der Waals surface area contributed by atoms with Crippen molar-refractivity contribution >= 4 is 17.6 Å². The lowest BCUT2D eigenvalue weighted by Gasteiger charge is -2.61. The number of carbonyl (C=O) groups is 1. The van der Waals surface area contributed by atoms with Crippen molar-refractivity contribution in [2.45, 2.75) is 52.1 Å². The van der Waals surface area contributed by atoms with Crippen molar-refractivity contribution in [3.63, 3.8) is 0 Å². The molecule has 5 rings (SSSR count). The van der Waals surface area contributed by atoms with Crippen molar-refractivity contribution in [2.24, 2.45) is 15.4 Å². The number of hydrogen-bond acceptors (Lipinski definition) is 7. The van der Waals surface area contributed by atoms with E-state index >= 15 is 0 Å². The summed E-state index contributed by atoms with van der Waals surface area (Å²) in [5.41, 5.74) is 2.29. The van der Waals surface area contributed by atoms with Crippen molar-refractivity contribution in [1.82, 2.24) is 24.8 Å². The molecule has 0 radical (unpaired) electrons. The van der Waals surface area contributed by atoms with Gasteiger partial charge in [-0.15, -0.1) is 0 Å². The number of amides is 1. The average molecular weight is 450 g/mol. The summed E-state index contributed by atoms with van der Waals surface area (Å²) in [7, 11) is 1.60. The van der Waals surface area contributed by atoms with Gasteiger partial charge in [0.05, 0.1) is 42.3 Å². The zero-order valence-corrected chi connectivity index (χ0v) is 19.9. The zero-order valence-electron chi connectivity index (χ0n) is 19.9. The first-order chi connectivity index (χ1) is 15.7. The number of piperidine rings is 1. The fraction of sp³-hybridized carbons (Fsp3) is 0.542. The summed E-state index contributed by atoms with van der Waals surface area (Å²) in [6.45, 7) is 10.9. The molecule has 4 heterocycles. The molecule has 0 bridgehead atoms. The number of ether oxygens (including phenoxy) is 1. The van der Waals surface area contributed by atoms with E-state index in [4.69, 9.17) is 14.7 Å². The Kier molecular flexibility index (Phi) is 5.02. The zero-order chi connectivity index (χ0) is 23.4. The van der Waals surface area contributed by atoms with E-state index in [1.165, 1.54) is 4.80 Å². The number of rotatable bonds is 3. The molecule has 174 valence electrons. The molecule has 1 aromatic heterocycles. The van der Waals surface area contributed by atoms with Gasteiger partial charge in [-0.3, -0.25) is 4.79 Å². The molecule has 9 nitrogen and oxygen atoms in total. The Morgan fingerprint density at radius 1 is 1.18 bits per heavy atom. The monoisotopic (exact) mass is 449 g/mol. The third-order valence-electron chi connectivity index (χ3n) is 7.05. The molecule has 9 heteroatoms. The molecule has 3 aliphatic heterocycles. The van der Waals surface area contributed by atoms with Crippen molar-refractivity contribution in [3.05, 3.63) is 36.2 Å². The van der Waals surface area contributed by atoms with Gasteiger partial charge in [-0.25, -0.2) is 9.98 Å². The van der Waals surface area contributed by atoms with Gasteiger partial charge in [-0.05, 0) is 45.4 Å². The molecule has 2 fully saturated rings. The Morgan fingerprint density at radius 3 is 2.64 bits per heavy atom. The van der Waals surface area contributed by atoms with Gasteiger partial charge in [0.1, 0.15) is 5.75 Å². The van der Waals surface area contributed by atoms with Crippen LogP contribution in [-0.4, -0.2) is 80.7 Å². The number of hydrogen-bond donors (Lipinski definition) is 0. The Bertz CT molecular complexity index is 1140. The summed E-state index contributed by atoms with van der Waals surface area (Å²) in [4.78, 5) is 29.1. The quantitative estimate of drug-likeness (QED) is 0.719. The molecule has 1 aromatic carbocycles. The minimum absolute atomic E-state index is 0.0410. The summed E-state index contributed by atoms with van der Waals surface area (Å²) in [6.07, 6.45) is 5.02. The number of likely N-dealkylation sites (tertiary alicyclic amines) is 2. The van der Waals surface area contributed by atoms with Crippen LogP contribution in [0.2, 0.25) is 0 Å². The SMILES string of the molecule is COc1ccc(-n2nccn2)c(C(=O)N2CCC3(C)CN(C4=NC(C)(C)CC(C)=N4)C3C2)c1. The predicted octanol–water partition coefficient (Wildman–Crippen LogP) is 2.81. The highest BCUT2D eigenvalue weighted by Gasteiger charge is 2.54. The van der Waals surface area contributed by atoms with Crippen molar-refractivity contribution in [1.29, 1.82) is 0 Å². The Hall–Kier alpha value is -3.23. The van der Waals surface area contributed by atoms with E-state index in [1.54, 1.807) is 25.6 Å². The van der Waals surface area contributed by atoms with Gasteiger partial charge < -0.3 is 14.5 Å². The standard InChI is InChI=1S/C24H31N7O2/c1-16-13-23(2,3)28-22(27-16)30-15-24(4)8-11-29(14-20(24)30)21(32)18-12-17(33-5)6-7-19(18)31-25-9-10-26-31/h6-7,9-10,12,20H,8,11,13-15H2,1-5H3. The van der Waals surface area contributed by atoms with E-state index in [-0.39, 0.29) is 22.9 Å². The molecule has 3 aliphatic rings. The summed E-state index contributed by atoms with van der Waals surface area (Å²) in [5, 5.41) is 8.46. The first-order valence-electron chi connectivity index (χ1n) is 11.4.